The normalized spacial score (nSPS) is 25.3. The van der Waals surface area contributed by atoms with Crippen molar-refractivity contribution in [2.45, 2.75) is 39.5 Å². The van der Waals surface area contributed by atoms with Crippen LogP contribution >= 0.6 is 15.9 Å². The van der Waals surface area contributed by atoms with E-state index < -0.39 is 5.92 Å². The smallest absolute Gasteiger partial charge is 0.315 e. The first-order chi connectivity index (χ1) is 11.7. The van der Waals surface area contributed by atoms with Crippen molar-refractivity contribution in [3.05, 3.63) is 45.6 Å². The predicted octanol–water partition coefficient (Wildman–Crippen LogP) is 4.44. The lowest BCUT2D eigenvalue weighted by molar-refractivity contribution is -0.143. The minimum Gasteiger partial charge on any atom is -0.468 e. The van der Waals surface area contributed by atoms with Gasteiger partial charge >= 0.3 is 5.97 Å². The molecule has 1 aliphatic carbocycles. The van der Waals surface area contributed by atoms with E-state index >= 15 is 0 Å². The molecule has 132 valence electrons. The van der Waals surface area contributed by atoms with Gasteiger partial charge in [0.15, 0.2) is 5.78 Å². The van der Waals surface area contributed by atoms with Crippen molar-refractivity contribution < 1.29 is 14.3 Å². The Balaban J connectivity index is 2.18. The standard InChI is InChI=1S/C20H22BrNO3/c1-11-16(19(24)25-4)17(12-5-7-13(21)8-6-12)18-14(22-11)9-20(2,3)10-15(18)23/h5-8,16-17H,9-10H2,1-4H3/t16?,17-/m1/s1. The van der Waals surface area contributed by atoms with E-state index in [2.05, 4.69) is 34.8 Å². The number of methoxy groups -OCH3 is 1. The Hall–Kier alpha value is -1.75. The van der Waals surface area contributed by atoms with E-state index in [-0.39, 0.29) is 23.1 Å². The van der Waals surface area contributed by atoms with Gasteiger partial charge in [0, 0.05) is 33.8 Å². The monoisotopic (exact) mass is 403 g/mol. The lowest BCUT2D eigenvalue weighted by atomic mass is 9.67. The fourth-order valence-electron chi connectivity index (χ4n) is 3.91. The minimum atomic E-state index is -0.560. The molecule has 1 unspecified atom stereocenters. The first-order valence-electron chi connectivity index (χ1n) is 8.38. The van der Waals surface area contributed by atoms with Gasteiger partial charge in [0.1, 0.15) is 5.92 Å². The van der Waals surface area contributed by atoms with E-state index in [1.54, 1.807) is 0 Å². The Morgan fingerprint density at radius 1 is 1.24 bits per heavy atom. The molecule has 0 aromatic heterocycles. The molecule has 0 saturated carbocycles. The van der Waals surface area contributed by atoms with Crippen LogP contribution in [0.15, 0.2) is 45.0 Å². The molecule has 1 aliphatic heterocycles. The van der Waals surface area contributed by atoms with Crippen molar-refractivity contribution in [1.29, 1.82) is 0 Å². The molecule has 1 aromatic rings. The second kappa shape index (κ2) is 6.52. The van der Waals surface area contributed by atoms with Gasteiger partial charge in [-0.25, -0.2) is 0 Å². The number of Topliss-reactive ketones (excluding diaryl/α,β-unsaturated/α-hetero) is 1. The summed E-state index contributed by atoms with van der Waals surface area (Å²) in [5.41, 5.74) is 3.05. The number of ether oxygens (including phenoxy) is 1. The van der Waals surface area contributed by atoms with Crippen LogP contribution in [0.2, 0.25) is 0 Å². The summed E-state index contributed by atoms with van der Waals surface area (Å²) in [6.07, 6.45) is 1.22. The summed E-state index contributed by atoms with van der Waals surface area (Å²) in [4.78, 5) is 30.1. The van der Waals surface area contributed by atoms with E-state index in [0.29, 0.717) is 17.7 Å². The quantitative estimate of drug-likeness (QED) is 0.685. The molecule has 5 heteroatoms. The molecule has 25 heavy (non-hydrogen) atoms. The third-order valence-electron chi connectivity index (χ3n) is 4.99. The number of aliphatic imine (C=N–C) groups is 1. The van der Waals surface area contributed by atoms with Gasteiger partial charge in [-0.3, -0.25) is 14.6 Å². The van der Waals surface area contributed by atoms with Gasteiger partial charge in [-0.15, -0.1) is 0 Å². The van der Waals surface area contributed by atoms with E-state index in [0.717, 1.165) is 22.2 Å². The Bertz CT molecular complexity index is 790. The van der Waals surface area contributed by atoms with Crippen LogP contribution in [0.1, 0.15) is 45.1 Å². The first kappa shape index (κ1) is 18.1. The molecule has 0 bridgehead atoms. The SMILES string of the molecule is COC(=O)C1C(C)=NC2=C(C(=O)CC(C)(C)C2)[C@@H]1c1ccc(Br)cc1. The van der Waals surface area contributed by atoms with Crippen molar-refractivity contribution in [2.75, 3.05) is 7.11 Å². The second-order valence-corrected chi connectivity index (χ2v) is 8.50. The summed E-state index contributed by atoms with van der Waals surface area (Å²) < 4.78 is 5.98. The zero-order valence-electron chi connectivity index (χ0n) is 14.9. The maximum absolute atomic E-state index is 13.0. The lowest BCUT2D eigenvalue weighted by Crippen LogP contribution is -2.39. The van der Waals surface area contributed by atoms with Crippen LogP contribution in [0.5, 0.6) is 0 Å². The average molecular weight is 404 g/mol. The van der Waals surface area contributed by atoms with Crippen LogP contribution in [0.25, 0.3) is 0 Å². The zero-order valence-corrected chi connectivity index (χ0v) is 16.5. The highest BCUT2D eigenvalue weighted by Gasteiger charge is 2.45. The number of ketones is 1. The third-order valence-corrected chi connectivity index (χ3v) is 5.52. The molecule has 4 nitrogen and oxygen atoms in total. The highest BCUT2D eigenvalue weighted by molar-refractivity contribution is 9.10. The summed E-state index contributed by atoms with van der Waals surface area (Å²) in [5, 5.41) is 0. The van der Waals surface area contributed by atoms with Crippen LogP contribution in [-0.2, 0) is 14.3 Å². The Morgan fingerprint density at radius 3 is 2.48 bits per heavy atom. The Morgan fingerprint density at radius 2 is 1.88 bits per heavy atom. The molecule has 0 N–H and O–H groups in total. The number of hydrogen-bond donors (Lipinski definition) is 0. The van der Waals surface area contributed by atoms with Crippen molar-refractivity contribution in [1.82, 2.24) is 0 Å². The van der Waals surface area contributed by atoms with Gasteiger partial charge in [0.05, 0.1) is 7.11 Å². The van der Waals surface area contributed by atoms with Gasteiger partial charge in [0.2, 0.25) is 0 Å². The molecular weight excluding hydrogens is 382 g/mol. The van der Waals surface area contributed by atoms with E-state index in [4.69, 9.17) is 4.74 Å². The number of carbonyl (C=O) groups is 2. The maximum Gasteiger partial charge on any atom is 0.315 e. The lowest BCUT2D eigenvalue weighted by Gasteiger charge is -2.38. The molecule has 1 heterocycles. The number of halogens is 1. The fraction of sp³-hybridized carbons (Fsp3) is 0.450. The summed E-state index contributed by atoms with van der Waals surface area (Å²) >= 11 is 3.44. The molecule has 0 radical (unpaired) electrons. The van der Waals surface area contributed by atoms with Crippen LogP contribution in [-0.4, -0.2) is 24.6 Å². The highest BCUT2D eigenvalue weighted by atomic mass is 79.9. The molecule has 0 amide bonds. The zero-order chi connectivity index (χ0) is 18.4. The van der Waals surface area contributed by atoms with Gasteiger partial charge in [-0.1, -0.05) is 41.9 Å². The number of carbonyl (C=O) groups excluding carboxylic acids is 2. The number of esters is 1. The van der Waals surface area contributed by atoms with Gasteiger partial charge in [-0.2, -0.15) is 0 Å². The molecule has 0 spiro atoms. The van der Waals surface area contributed by atoms with Crippen LogP contribution in [0.3, 0.4) is 0 Å². The largest absolute Gasteiger partial charge is 0.468 e. The van der Waals surface area contributed by atoms with Crippen molar-refractivity contribution in [3.63, 3.8) is 0 Å². The van der Waals surface area contributed by atoms with Crippen molar-refractivity contribution in [3.8, 4) is 0 Å². The fourth-order valence-corrected chi connectivity index (χ4v) is 4.17. The van der Waals surface area contributed by atoms with Crippen LogP contribution < -0.4 is 0 Å². The second-order valence-electron chi connectivity index (χ2n) is 7.58. The van der Waals surface area contributed by atoms with Gasteiger partial charge in [-0.05, 0) is 36.5 Å². The molecule has 2 aliphatic rings. The number of rotatable bonds is 2. The molecular formula is C20H22BrNO3. The number of nitrogens with zero attached hydrogens (tertiary/aromatic N) is 1. The van der Waals surface area contributed by atoms with Crippen molar-refractivity contribution in [2.24, 2.45) is 16.3 Å². The predicted molar refractivity (Wildman–Crippen MR) is 101 cm³/mol. The van der Waals surface area contributed by atoms with Crippen LogP contribution in [0, 0.1) is 11.3 Å². The third kappa shape index (κ3) is 3.34. The van der Waals surface area contributed by atoms with Gasteiger partial charge in [0.25, 0.3) is 0 Å². The molecule has 1 aromatic carbocycles. The van der Waals surface area contributed by atoms with Crippen LogP contribution in [0.4, 0.5) is 0 Å². The van der Waals surface area contributed by atoms with E-state index in [1.165, 1.54) is 7.11 Å². The van der Waals surface area contributed by atoms with Gasteiger partial charge < -0.3 is 4.74 Å². The number of benzene rings is 1. The molecule has 0 fully saturated rings. The average Bonchev–Trinajstić information content (AvgIpc) is 2.52. The minimum absolute atomic E-state index is 0.0873. The highest BCUT2D eigenvalue weighted by Crippen LogP contribution is 2.47. The molecule has 0 saturated heterocycles. The first-order valence-corrected chi connectivity index (χ1v) is 9.17. The number of hydrogen-bond acceptors (Lipinski definition) is 4. The number of allylic oxidation sites excluding steroid dienone is 2. The van der Waals surface area contributed by atoms with Crippen molar-refractivity contribution >= 4 is 33.4 Å². The summed E-state index contributed by atoms with van der Waals surface area (Å²) in [6.45, 7) is 6.02. The van der Waals surface area contributed by atoms with E-state index in [1.807, 2.05) is 31.2 Å². The summed E-state index contributed by atoms with van der Waals surface area (Å²) in [6, 6.07) is 7.78. The maximum atomic E-state index is 13.0. The summed E-state index contributed by atoms with van der Waals surface area (Å²) in [5.74, 6) is -1.16. The van der Waals surface area contributed by atoms with E-state index in [9.17, 15) is 9.59 Å². The summed E-state index contributed by atoms with van der Waals surface area (Å²) in [7, 11) is 1.38. The molecule has 3 rings (SSSR count). The molecule has 2 atom stereocenters. The Kier molecular flexibility index (Phi) is 4.71. The topological polar surface area (TPSA) is 55.7 Å². The Labute approximate surface area is 156 Å².